The molecule has 1 amide bonds. The zero-order chi connectivity index (χ0) is 48.8. The number of allylic oxidation sites excluding steroid dienone is 4. The molecule has 65 heavy (non-hydrogen) atoms. The second-order valence-electron chi connectivity index (χ2n) is 21.6. The maximum absolute atomic E-state index is 14.9. The molecular weight excluding hydrogens is 847 g/mol. The molecule has 2 bridgehead atoms. The second-order valence-corrected chi connectivity index (χ2v) is 26.3. The third-order valence-electron chi connectivity index (χ3n) is 15.7. The fraction of sp³-hybridized carbons (Fsp3) is 0.804. The molecule has 2 N–H and O–H groups in total. The number of esters is 1. The van der Waals surface area contributed by atoms with Gasteiger partial charge in [-0.1, -0.05) is 72.3 Å². The number of carbonyl (C=O) groups is 4. The molecule has 0 radical (unpaired) electrons. The van der Waals surface area contributed by atoms with Gasteiger partial charge in [0.15, 0.2) is 8.32 Å². The van der Waals surface area contributed by atoms with E-state index in [1.807, 2.05) is 33.8 Å². The molecule has 0 aromatic heterocycles. The number of hydrogen-bond donors (Lipinski definition) is 2. The molecule has 0 aromatic carbocycles. The highest BCUT2D eigenvalue weighted by Crippen LogP contribution is 2.44. The maximum atomic E-state index is 14.9. The lowest BCUT2D eigenvalue weighted by molar-refractivity contribution is -0.302. The van der Waals surface area contributed by atoms with Crippen LogP contribution in [0.3, 0.4) is 0 Å². The molecule has 1 aliphatic carbocycles. The van der Waals surface area contributed by atoms with Crippen LogP contribution in [0.1, 0.15) is 133 Å². The van der Waals surface area contributed by atoms with E-state index in [9.17, 15) is 29.4 Å². The van der Waals surface area contributed by atoms with Gasteiger partial charge in [-0.05, 0) is 108 Å². The van der Waals surface area contributed by atoms with Crippen LogP contribution in [0.25, 0.3) is 0 Å². The number of hydrogen-bond acceptors (Lipinski definition) is 12. The number of ketones is 2. The number of cyclic esters (lactones) is 1. The van der Waals surface area contributed by atoms with Gasteiger partial charge in [0.05, 0.1) is 30.5 Å². The van der Waals surface area contributed by atoms with Crippen LogP contribution in [-0.2, 0) is 47.3 Å². The SMILES string of the molecule is C=CC1(C=C(C)C2OC(=O)C3CCCCN3C(=O)C(=O)C3(O)OC(C(OC)CC(C)CC(C)=CC(CC)C(=O)CC(O[Si](C)(C)C(C)(C)C)C2C)C(OC)CC3C)CC[C@H](O)C(OC)C1. The molecule has 2 saturated heterocycles. The van der Waals surface area contributed by atoms with Crippen LogP contribution in [-0.4, -0.2) is 129 Å². The first kappa shape index (κ1) is 55.0. The molecule has 13 nitrogen and oxygen atoms in total. The van der Waals surface area contributed by atoms with Gasteiger partial charge in [0.2, 0.25) is 5.79 Å². The van der Waals surface area contributed by atoms with Gasteiger partial charge >= 0.3 is 5.97 Å². The Bertz CT molecular complexity index is 1740. The van der Waals surface area contributed by atoms with Crippen molar-refractivity contribution in [2.24, 2.45) is 29.1 Å². The van der Waals surface area contributed by atoms with Crippen LogP contribution in [0.5, 0.6) is 0 Å². The van der Waals surface area contributed by atoms with E-state index in [0.717, 1.165) is 5.57 Å². The zero-order valence-corrected chi connectivity index (χ0v) is 43.3. The van der Waals surface area contributed by atoms with Crippen molar-refractivity contribution in [3.63, 3.8) is 0 Å². The largest absolute Gasteiger partial charge is 0.456 e. The molecule has 1 saturated carbocycles. The second kappa shape index (κ2) is 22.7. The Morgan fingerprint density at radius 3 is 2.18 bits per heavy atom. The van der Waals surface area contributed by atoms with Gasteiger partial charge in [-0.2, -0.15) is 0 Å². The third kappa shape index (κ3) is 12.8. The van der Waals surface area contributed by atoms with E-state index in [4.69, 9.17) is 28.1 Å². The van der Waals surface area contributed by atoms with Crippen LogP contribution < -0.4 is 0 Å². The summed E-state index contributed by atoms with van der Waals surface area (Å²) in [5.41, 5.74) is 1.14. The van der Waals surface area contributed by atoms with E-state index < -0.39 is 104 Å². The van der Waals surface area contributed by atoms with E-state index in [1.165, 1.54) is 4.90 Å². The molecule has 3 fully saturated rings. The standard InChI is InChI=1S/C51H85NO12Si/c1-16-36-25-31(3)24-32(4)26-41(59-11)45-42(60-12)27-34(6)51(58,63-45)46(55)47(56)52-23-19-18-20-37(52)48(57)62-44(33(5)29-50(17-2)22-21-38(53)43(30-50)61-13)35(7)40(28-39(36)54)64-65(14,15)49(8,9)10/h17,25,29,32,34-38,40-45,53,58H,2,16,18-24,26-28,30H2,1,3-15H3/t32?,34?,35?,36?,37?,38-,40?,41?,42?,43?,44?,45?,50?,51?/m0/s1. The minimum atomic E-state index is -2.56. The molecule has 14 heteroatoms. The summed E-state index contributed by atoms with van der Waals surface area (Å²) >= 11 is 0. The third-order valence-corrected chi connectivity index (χ3v) is 20.2. The number of Topliss-reactive ketones (excluding diaryl/α,β-unsaturated/α-hetero) is 2. The molecule has 3 heterocycles. The average Bonchev–Trinajstić information content (AvgIpc) is 3.26. The number of amides is 1. The van der Waals surface area contributed by atoms with Crippen molar-refractivity contribution in [1.82, 2.24) is 4.90 Å². The van der Waals surface area contributed by atoms with Crippen molar-refractivity contribution < 1.29 is 57.5 Å². The highest BCUT2D eigenvalue weighted by atomic mass is 28.4. The lowest BCUT2D eigenvalue weighted by Gasteiger charge is -2.47. The Hall–Kier alpha value is -2.56. The van der Waals surface area contributed by atoms with Crippen LogP contribution in [0, 0.1) is 29.1 Å². The first-order chi connectivity index (χ1) is 30.3. The van der Waals surface area contributed by atoms with Crippen molar-refractivity contribution >= 4 is 31.8 Å². The van der Waals surface area contributed by atoms with E-state index in [1.54, 1.807) is 28.3 Å². The van der Waals surface area contributed by atoms with Gasteiger partial charge < -0.3 is 43.2 Å². The summed E-state index contributed by atoms with van der Waals surface area (Å²) < 4.78 is 37.8. The molecule has 13 unspecified atom stereocenters. The Morgan fingerprint density at radius 1 is 0.969 bits per heavy atom. The monoisotopic (exact) mass is 932 g/mol. The van der Waals surface area contributed by atoms with Crippen LogP contribution >= 0.6 is 0 Å². The quantitative estimate of drug-likeness (QED) is 0.0990. The minimum Gasteiger partial charge on any atom is -0.456 e. The molecule has 14 atom stereocenters. The molecule has 4 rings (SSSR count). The number of ether oxygens (including phenoxy) is 5. The lowest BCUT2D eigenvalue weighted by atomic mass is 9.70. The molecule has 370 valence electrons. The molecule has 4 aliphatic rings. The summed E-state index contributed by atoms with van der Waals surface area (Å²) in [7, 11) is 2.12. The van der Waals surface area contributed by atoms with Crippen molar-refractivity contribution in [2.75, 3.05) is 27.9 Å². The van der Waals surface area contributed by atoms with E-state index >= 15 is 0 Å². The van der Waals surface area contributed by atoms with Crippen molar-refractivity contribution in [3.05, 3.63) is 36.0 Å². The summed E-state index contributed by atoms with van der Waals surface area (Å²) in [4.78, 5) is 59.9. The normalized spacial score (nSPS) is 38.3. The number of piperidine rings is 1. The van der Waals surface area contributed by atoms with Gasteiger partial charge in [0.25, 0.3) is 11.7 Å². The molecule has 0 aromatic rings. The van der Waals surface area contributed by atoms with Crippen LogP contribution in [0.2, 0.25) is 18.1 Å². The summed E-state index contributed by atoms with van der Waals surface area (Å²) in [6, 6.07) is -1.13. The predicted molar refractivity (Wildman–Crippen MR) is 253 cm³/mol. The predicted octanol–water partition coefficient (Wildman–Crippen LogP) is 8.06. The summed E-state index contributed by atoms with van der Waals surface area (Å²) in [6.45, 7) is 26.7. The Kier molecular flexibility index (Phi) is 19.2. The minimum absolute atomic E-state index is 0.0312. The van der Waals surface area contributed by atoms with Crippen LogP contribution in [0.15, 0.2) is 36.0 Å². The van der Waals surface area contributed by atoms with E-state index in [2.05, 4.69) is 59.5 Å². The van der Waals surface area contributed by atoms with Gasteiger partial charge in [0.1, 0.15) is 24.0 Å². The van der Waals surface area contributed by atoms with E-state index in [0.29, 0.717) is 56.9 Å². The number of aliphatic hydroxyl groups is 2. The van der Waals surface area contributed by atoms with Gasteiger partial charge in [-0.3, -0.25) is 14.4 Å². The van der Waals surface area contributed by atoms with Gasteiger partial charge in [0, 0.05) is 57.5 Å². The summed E-state index contributed by atoms with van der Waals surface area (Å²) in [5.74, 6) is -7.07. The maximum Gasteiger partial charge on any atom is 0.329 e. The van der Waals surface area contributed by atoms with Gasteiger partial charge in [-0.15, -0.1) is 6.58 Å². The first-order valence-electron chi connectivity index (χ1n) is 24.3. The topological polar surface area (TPSA) is 167 Å². The Balaban J connectivity index is 1.93. The van der Waals surface area contributed by atoms with E-state index in [-0.39, 0.29) is 42.5 Å². The smallest absolute Gasteiger partial charge is 0.329 e. The number of carbonyl (C=O) groups excluding carboxylic acids is 4. The Labute approximate surface area is 391 Å². The highest BCUT2D eigenvalue weighted by Gasteiger charge is 2.57. The summed E-state index contributed by atoms with van der Waals surface area (Å²) in [6.07, 6.45) is 6.20. The van der Waals surface area contributed by atoms with Crippen molar-refractivity contribution in [3.8, 4) is 0 Å². The number of nitrogens with zero attached hydrogens (tertiary/aromatic N) is 1. The molecular formula is C51H85NO12Si. The highest BCUT2D eigenvalue weighted by molar-refractivity contribution is 6.74. The lowest BCUT2D eigenvalue weighted by Crippen LogP contribution is -2.64. The average molecular weight is 932 g/mol. The molecule has 0 spiro atoms. The number of fused-ring (bicyclic) bond motifs is 3. The first-order valence-corrected chi connectivity index (χ1v) is 27.2. The number of aliphatic hydroxyl groups excluding tert-OH is 1. The fourth-order valence-corrected chi connectivity index (χ4v) is 11.8. The van der Waals surface area contributed by atoms with Crippen molar-refractivity contribution in [2.45, 2.75) is 206 Å². The summed E-state index contributed by atoms with van der Waals surface area (Å²) in [5, 5.41) is 22.8. The number of rotatable bonds is 9. The molecule has 3 aliphatic heterocycles. The zero-order valence-electron chi connectivity index (χ0n) is 42.3. The number of methoxy groups -OCH3 is 3. The van der Waals surface area contributed by atoms with Crippen molar-refractivity contribution in [1.29, 1.82) is 0 Å². The van der Waals surface area contributed by atoms with Gasteiger partial charge in [-0.25, -0.2) is 4.79 Å². The fourth-order valence-electron chi connectivity index (χ4n) is 10.4. The Morgan fingerprint density at radius 2 is 1.60 bits per heavy atom. The van der Waals surface area contributed by atoms with Crippen LogP contribution in [0.4, 0.5) is 0 Å².